The summed E-state index contributed by atoms with van der Waals surface area (Å²) in [6.07, 6.45) is 3.02. The molecule has 8 heteroatoms. The zero-order valence-corrected chi connectivity index (χ0v) is 11.0. The maximum Gasteiger partial charge on any atom is 0.181 e. The number of H-pyrrole nitrogens is 1. The van der Waals surface area contributed by atoms with Crippen molar-refractivity contribution in [2.75, 3.05) is 0 Å². The predicted molar refractivity (Wildman–Crippen MR) is 74.8 cm³/mol. The first-order valence-electron chi connectivity index (χ1n) is 5.68. The molecule has 0 aliphatic heterocycles. The van der Waals surface area contributed by atoms with Gasteiger partial charge in [-0.25, -0.2) is 15.0 Å². The van der Waals surface area contributed by atoms with Crippen molar-refractivity contribution in [3.63, 3.8) is 0 Å². The van der Waals surface area contributed by atoms with Gasteiger partial charge < -0.3 is 15.9 Å². The number of amidine groups is 1. The molecule has 1 aromatic carbocycles. The minimum Gasteiger partial charge on any atom is -0.409 e. The zero-order chi connectivity index (χ0) is 13.9. The summed E-state index contributed by atoms with van der Waals surface area (Å²) in [6.45, 7) is 0. The number of nitrogens with one attached hydrogen (secondary N) is 1. The number of hydrogen-bond donors (Lipinski definition) is 3. The summed E-state index contributed by atoms with van der Waals surface area (Å²) < 4.78 is 0. The maximum atomic E-state index is 8.83. The Morgan fingerprint density at radius 1 is 1.25 bits per heavy atom. The highest BCUT2D eigenvalue weighted by atomic mass is 32.2. The summed E-state index contributed by atoms with van der Waals surface area (Å²) in [5.74, 6) is 0.0583. The molecule has 3 rings (SSSR count). The number of aromatic amines is 1. The number of fused-ring (bicyclic) bond motifs is 1. The molecular formula is C12H10N6OS. The first-order valence-corrected chi connectivity index (χ1v) is 6.50. The molecule has 0 unspecified atom stereocenters. The van der Waals surface area contributed by atoms with Crippen LogP contribution in [0.5, 0.6) is 0 Å². The van der Waals surface area contributed by atoms with Gasteiger partial charge in [0.15, 0.2) is 11.5 Å². The number of benzene rings is 1. The average Bonchev–Trinajstić information content (AvgIpc) is 2.96. The van der Waals surface area contributed by atoms with Gasteiger partial charge in [-0.3, -0.25) is 0 Å². The molecule has 0 atom stereocenters. The molecule has 20 heavy (non-hydrogen) atoms. The molecule has 0 aliphatic carbocycles. The molecule has 100 valence electrons. The van der Waals surface area contributed by atoms with Crippen LogP contribution in [-0.4, -0.2) is 31.0 Å². The molecule has 0 amide bonds. The van der Waals surface area contributed by atoms with E-state index in [1.807, 2.05) is 18.2 Å². The van der Waals surface area contributed by atoms with E-state index in [1.54, 1.807) is 12.4 Å². The van der Waals surface area contributed by atoms with E-state index in [0.717, 1.165) is 15.4 Å². The Morgan fingerprint density at radius 3 is 2.95 bits per heavy atom. The van der Waals surface area contributed by atoms with Crippen LogP contribution in [-0.2, 0) is 0 Å². The molecule has 0 spiro atoms. The molecule has 2 aromatic heterocycles. The monoisotopic (exact) mass is 286 g/mol. The Labute approximate surface area is 118 Å². The molecule has 2 heterocycles. The molecule has 0 bridgehead atoms. The second-order valence-corrected chi connectivity index (χ2v) is 4.89. The van der Waals surface area contributed by atoms with Gasteiger partial charge in [0, 0.05) is 10.5 Å². The summed E-state index contributed by atoms with van der Waals surface area (Å²) in [6, 6.07) is 7.36. The summed E-state index contributed by atoms with van der Waals surface area (Å²) in [4.78, 5) is 16.2. The van der Waals surface area contributed by atoms with E-state index in [2.05, 4.69) is 25.1 Å². The van der Waals surface area contributed by atoms with Crippen molar-refractivity contribution in [3.8, 4) is 0 Å². The highest BCUT2D eigenvalue weighted by Gasteiger charge is 2.12. The molecule has 0 saturated carbocycles. The number of nitrogens with zero attached hydrogens (tertiary/aromatic N) is 4. The Morgan fingerprint density at radius 2 is 2.10 bits per heavy atom. The van der Waals surface area contributed by atoms with Crippen molar-refractivity contribution < 1.29 is 5.21 Å². The summed E-state index contributed by atoms with van der Waals surface area (Å²) in [7, 11) is 0. The van der Waals surface area contributed by atoms with Crippen LogP contribution in [0.4, 0.5) is 0 Å². The average molecular weight is 286 g/mol. The highest BCUT2D eigenvalue weighted by Crippen LogP contribution is 2.31. The third-order valence-electron chi connectivity index (χ3n) is 2.67. The first-order chi connectivity index (χ1) is 9.79. The van der Waals surface area contributed by atoms with Crippen molar-refractivity contribution in [3.05, 3.63) is 42.5 Å². The van der Waals surface area contributed by atoms with Crippen LogP contribution in [0.15, 0.2) is 52.0 Å². The number of hydrogen-bond acceptors (Lipinski definition) is 6. The van der Waals surface area contributed by atoms with E-state index < -0.39 is 0 Å². The fraction of sp³-hybridized carbons (Fsp3) is 0. The Kier molecular flexibility index (Phi) is 3.21. The van der Waals surface area contributed by atoms with Gasteiger partial charge in [0.1, 0.15) is 16.9 Å². The van der Waals surface area contributed by atoms with Gasteiger partial charge in [-0.15, -0.1) is 0 Å². The summed E-state index contributed by atoms with van der Waals surface area (Å²) >= 11 is 1.40. The number of aromatic nitrogens is 4. The molecule has 0 fully saturated rings. The third kappa shape index (κ3) is 2.16. The van der Waals surface area contributed by atoms with Crippen LogP contribution >= 0.6 is 11.8 Å². The van der Waals surface area contributed by atoms with E-state index in [4.69, 9.17) is 10.9 Å². The second kappa shape index (κ2) is 5.17. The van der Waals surface area contributed by atoms with Crippen LogP contribution in [0.25, 0.3) is 11.2 Å². The quantitative estimate of drug-likeness (QED) is 0.221. The van der Waals surface area contributed by atoms with Crippen LogP contribution in [0.1, 0.15) is 5.56 Å². The number of oxime groups is 1. The molecule has 0 aliphatic rings. The van der Waals surface area contributed by atoms with Crippen molar-refractivity contribution in [1.82, 2.24) is 19.9 Å². The van der Waals surface area contributed by atoms with Crippen LogP contribution < -0.4 is 5.73 Å². The Bertz CT molecular complexity index is 784. The normalized spacial score (nSPS) is 11.9. The standard InChI is InChI=1S/C12H10N6OS/c13-10(18-19)7-3-1-2-4-8(7)20-12-9-11(15-5-14-9)16-6-17-12/h1-6,19H,(H2,13,18)(H,14,15,16,17). The molecule has 4 N–H and O–H groups in total. The van der Waals surface area contributed by atoms with Gasteiger partial charge in [0.25, 0.3) is 0 Å². The fourth-order valence-corrected chi connectivity index (χ4v) is 2.74. The van der Waals surface area contributed by atoms with Gasteiger partial charge in [-0.2, -0.15) is 0 Å². The van der Waals surface area contributed by atoms with Crippen LogP contribution in [0.3, 0.4) is 0 Å². The van der Waals surface area contributed by atoms with Crippen LogP contribution in [0.2, 0.25) is 0 Å². The van der Waals surface area contributed by atoms with Gasteiger partial charge in [0.2, 0.25) is 0 Å². The zero-order valence-electron chi connectivity index (χ0n) is 10.2. The minimum atomic E-state index is 0.0583. The number of imidazole rings is 1. The summed E-state index contributed by atoms with van der Waals surface area (Å²) in [5.41, 5.74) is 7.68. The Hall–Kier alpha value is -2.61. The van der Waals surface area contributed by atoms with Crippen molar-refractivity contribution in [2.45, 2.75) is 9.92 Å². The van der Waals surface area contributed by atoms with E-state index in [-0.39, 0.29) is 5.84 Å². The highest BCUT2D eigenvalue weighted by molar-refractivity contribution is 7.99. The maximum absolute atomic E-state index is 8.83. The lowest BCUT2D eigenvalue weighted by molar-refractivity contribution is 0.318. The molecule has 3 aromatic rings. The lowest BCUT2D eigenvalue weighted by Gasteiger charge is -2.07. The van der Waals surface area contributed by atoms with E-state index in [0.29, 0.717) is 11.2 Å². The van der Waals surface area contributed by atoms with Gasteiger partial charge in [0.05, 0.1) is 6.33 Å². The SMILES string of the molecule is NC(=NO)c1ccccc1Sc1ncnc2nc[nH]c12. The molecule has 0 saturated heterocycles. The van der Waals surface area contributed by atoms with Gasteiger partial charge in [-0.05, 0) is 6.07 Å². The topological polar surface area (TPSA) is 113 Å². The van der Waals surface area contributed by atoms with Crippen molar-refractivity contribution in [1.29, 1.82) is 0 Å². The van der Waals surface area contributed by atoms with Crippen molar-refractivity contribution in [2.24, 2.45) is 10.9 Å². The Balaban J connectivity index is 2.06. The van der Waals surface area contributed by atoms with Crippen LogP contribution in [0, 0.1) is 0 Å². The molecule has 7 nitrogen and oxygen atoms in total. The lowest BCUT2D eigenvalue weighted by Crippen LogP contribution is -2.14. The largest absolute Gasteiger partial charge is 0.409 e. The first kappa shape index (κ1) is 12.4. The van der Waals surface area contributed by atoms with Gasteiger partial charge >= 0.3 is 0 Å². The number of nitrogens with two attached hydrogens (primary N) is 1. The molecular weight excluding hydrogens is 276 g/mol. The molecule has 0 radical (unpaired) electrons. The smallest absolute Gasteiger partial charge is 0.181 e. The summed E-state index contributed by atoms with van der Waals surface area (Å²) in [5, 5.41) is 12.6. The van der Waals surface area contributed by atoms with E-state index in [1.165, 1.54) is 18.1 Å². The fourth-order valence-electron chi connectivity index (χ4n) is 1.75. The number of rotatable bonds is 3. The van der Waals surface area contributed by atoms with E-state index in [9.17, 15) is 0 Å². The second-order valence-electron chi connectivity index (χ2n) is 3.86. The van der Waals surface area contributed by atoms with Crippen molar-refractivity contribution >= 4 is 28.8 Å². The third-order valence-corrected chi connectivity index (χ3v) is 3.74. The van der Waals surface area contributed by atoms with Gasteiger partial charge in [-0.1, -0.05) is 35.1 Å². The minimum absolute atomic E-state index is 0.0583. The van der Waals surface area contributed by atoms with E-state index >= 15 is 0 Å². The predicted octanol–water partition coefficient (Wildman–Crippen LogP) is 1.60. The lowest BCUT2D eigenvalue weighted by atomic mass is 10.2.